The Morgan fingerprint density at radius 3 is 2.77 bits per heavy atom. The van der Waals surface area contributed by atoms with Crippen molar-refractivity contribution in [2.24, 2.45) is 0 Å². The highest BCUT2D eigenvalue weighted by atomic mass is 16.5. The normalized spacial score (nSPS) is 14.8. The number of carbonyl (C=O) groups is 1. The number of nitrogens with zero attached hydrogens (tertiary/aromatic N) is 1. The van der Waals surface area contributed by atoms with Crippen LogP contribution in [0, 0.1) is 0 Å². The summed E-state index contributed by atoms with van der Waals surface area (Å²) in [6, 6.07) is 14.2. The maximum Gasteiger partial charge on any atom is 0.255 e. The number of hydrogen-bond donors (Lipinski definition) is 2. The molecule has 1 saturated heterocycles. The SMILES string of the molecule is O=C(NCc1cccc(OCCN2CCOCC2)c1)c1ccccc1O. The van der Waals surface area contributed by atoms with Gasteiger partial charge < -0.3 is 19.9 Å². The van der Waals surface area contributed by atoms with E-state index in [0.717, 1.165) is 44.2 Å². The van der Waals surface area contributed by atoms with E-state index in [0.29, 0.717) is 13.2 Å². The van der Waals surface area contributed by atoms with Crippen molar-refractivity contribution in [1.82, 2.24) is 10.2 Å². The third-order valence-corrected chi connectivity index (χ3v) is 4.28. The molecule has 2 aromatic rings. The highest BCUT2D eigenvalue weighted by Gasteiger charge is 2.11. The van der Waals surface area contributed by atoms with Crippen LogP contribution in [-0.4, -0.2) is 55.4 Å². The standard InChI is InChI=1S/C20H24N2O4/c23-19-7-2-1-6-18(19)20(24)21-15-16-4-3-5-17(14-16)26-13-10-22-8-11-25-12-9-22/h1-7,14,23H,8-13,15H2,(H,21,24). The molecule has 1 aliphatic heterocycles. The molecule has 0 aromatic heterocycles. The van der Waals surface area contributed by atoms with Gasteiger partial charge in [0.05, 0.1) is 18.8 Å². The van der Waals surface area contributed by atoms with Gasteiger partial charge in [-0.05, 0) is 29.8 Å². The van der Waals surface area contributed by atoms with Crippen LogP contribution in [0.3, 0.4) is 0 Å². The molecule has 0 bridgehead atoms. The summed E-state index contributed by atoms with van der Waals surface area (Å²) in [4.78, 5) is 14.5. The van der Waals surface area contributed by atoms with E-state index in [2.05, 4.69) is 10.2 Å². The van der Waals surface area contributed by atoms with E-state index in [1.165, 1.54) is 6.07 Å². The zero-order chi connectivity index (χ0) is 18.2. The van der Waals surface area contributed by atoms with Crippen LogP contribution in [0.25, 0.3) is 0 Å². The van der Waals surface area contributed by atoms with Crippen LogP contribution in [0.2, 0.25) is 0 Å². The van der Waals surface area contributed by atoms with Gasteiger partial charge in [-0.25, -0.2) is 0 Å². The van der Waals surface area contributed by atoms with Crippen molar-refractivity contribution in [1.29, 1.82) is 0 Å². The first kappa shape index (κ1) is 18.2. The Morgan fingerprint density at radius 1 is 1.15 bits per heavy atom. The van der Waals surface area contributed by atoms with E-state index in [9.17, 15) is 9.90 Å². The molecule has 1 heterocycles. The molecule has 6 heteroatoms. The molecule has 26 heavy (non-hydrogen) atoms. The Morgan fingerprint density at radius 2 is 1.96 bits per heavy atom. The molecular formula is C20H24N2O4. The fourth-order valence-corrected chi connectivity index (χ4v) is 2.81. The number of rotatable bonds is 7. The number of morpholine rings is 1. The fourth-order valence-electron chi connectivity index (χ4n) is 2.81. The summed E-state index contributed by atoms with van der Waals surface area (Å²) in [6.07, 6.45) is 0. The summed E-state index contributed by atoms with van der Waals surface area (Å²) in [7, 11) is 0. The number of hydrogen-bond acceptors (Lipinski definition) is 5. The lowest BCUT2D eigenvalue weighted by molar-refractivity contribution is 0.0322. The minimum absolute atomic E-state index is 0.0230. The lowest BCUT2D eigenvalue weighted by atomic mass is 10.1. The van der Waals surface area contributed by atoms with Crippen molar-refractivity contribution in [2.45, 2.75) is 6.54 Å². The molecule has 0 spiro atoms. The fraction of sp³-hybridized carbons (Fsp3) is 0.350. The van der Waals surface area contributed by atoms with E-state index in [1.54, 1.807) is 18.2 Å². The molecule has 0 radical (unpaired) electrons. The third-order valence-electron chi connectivity index (χ3n) is 4.28. The molecule has 0 saturated carbocycles. The second-order valence-corrected chi connectivity index (χ2v) is 6.15. The predicted octanol–water partition coefficient (Wildman–Crippen LogP) is 2.03. The first-order chi connectivity index (χ1) is 12.7. The lowest BCUT2D eigenvalue weighted by Gasteiger charge is -2.26. The zero-order valence-corrected chi connectivity index (χ0v) is 14.7. The van der Waals surface area contributed by atoms with Crippen LogP contribution in [0.1, 0.15) is 15.9 Å². The number of para-hydroxylation sites is 1. The average molecular weight is 356 g/mol. The van der Waals surface area contributed by atoms with Crippen molar-refractivity contribution in [3.05, 3.63) is 59.7 Å². The van der Waals surface area contributed by atoms with Gasteiger partial charge in [-0.1, -0.05) is 24.3 Å². The highest BCUT2D eigenvalue weighted by Crippen LogP contribution is 2.16. The van der Waals surface area contributed by atoms with Crippen molar-refractivity contribution >= 4 is 5.91 Å². The molecule has 2 N–H and O–H groups in total. The molecule has 0 atom stereocenters. The largest absolute Gasteiger partial charge is 0.507 e. The number of phenols is 1. The van der Waals surface area contributed by atoms with Gasteiger partial charge in [-0.15, -0.1) is 0 Å². The van der Waals surface area contributed by atoms with Crippen molar-refractivity contribution < 1.29 is 19.4 Å². The third kappa shape index (κ3) is 5.21. The van der Waals surface area contributed by atoms with Gasteiger partial charge in [0.1, 0.15) is 18.1 Å². The number of amides is 1. The minimum Gasteiger partial charge on any atom is -0.507 e. The number of carbonyl (C=O) groups excluding carboxylic acids is 1. The second-order valence-electron chi connectivity index (χ2n) is 6.15. The maximum absolute atomic E-state index is 12.2. The van der Waals surface area contributed by atoms with Crippen molar-refractivity contribution in [3.63, 3.8) is 0 Å². The second kappa shape index (κ2) is 9.22. The van der Waals surface area contributed by atoms with Gasteiger partial charge in [-0.2, -0.15) is 0 Å². The average Bonchev–Trinajstić information content (AvgIpc) is 2.68. The molecule has 1 amide bonds. The first-order valence-electron chi connectivity index (χ1n) is 8.80. The molecule has 6 nitrogen and oxygen atoms in total. The van der Waals surface area contributed by atoms with E-state index in [4.69, 9.17) is 9.47 Å². The quantitative estimate of drug-likeness (QED) is 0.794. The molecule has 0 unspecified atom stereocenters. The Balaban J connectivity index is 1.47. The van der Waals surface area contributed by atoms with Crippen LogP contribution in [-0.2, 0) is 11.3 Å². The van der Waals surface area contributed by atoms with E-state index < -0.39 is 0 Å². The van der Waals surface area contributed by atoms with Gasteiger partial charge in [-0.3, -0.25) is 9.69 Å². The summed E-state index contributed by atoms with van der Waals surface area (Å²) in [5.74, 6) is 0.458. The van der Waals surface area contributed by atoms with Gasteiger partial charge in [0.15, 0.2) is 0 Å². The van der Waals surface area contributed by atoms with E-state index in [1.807, 2.05) is 24.3 Å². The Kier molecular flexibility index (Phi) is 6.46. The summed E-state index contributed by atoms with van der Waals surface area (Å²) in [5.41, 5.74) is 1.21. The number of aromatic hydroxyl groups is 1. The molecule has 1 fully saturated rings. The van der Waals surface area contributed by atoms with Crippen LogP contribution in [0.15, 0.2) is 48.5 Å². The molecular weight excluding hydrogens is 332 g/mol. The number of ether oxygens (including phenoxy) is 2. The topological polar surface area (TPSA) is 71.0 Å². The number of phenolic OH excluding ortho intramolecular Hbond substituents is 1. The van der Waals surface area contributed by atoms with Crippen LogP contribution < -0.4 is 10.1 Å². The Hall–Kier alpha value is -2.57. The highest BCUT2D eigenvalue weighted by molar-refractivity contribution is 5.96. The van der Waals surface area contributed by atoms with Gasteiger partial charge in [0.25, 0.3) is 5.91 Å². The Bertz CT molecular complexity index is 729. The predicted molar refractivity (Wildman–Crippen MR) is 98.5 cm³/mol. The molecule has 2 aromatic carbocycles. The van der Waals surface area contributed by atoms with Crippen LogP contribution in [0.5, 0.6) is 11.5 Å². The monoisotopic (exact) mass is 356 g/mol. The zero-order valence-electron chi connectivity index (χ0n) is 14.7. The summed E-state index contributed by atoms with van der Waals surface area (Å²) >= 11 is 0. The first-order valence-corrected chi connectivity index (χ1v) is 8.80. The molecule has 138 valence electrons. The van der Waals surface area contributed by atoms with Crippen molar-refractivity contribution in [3.8, 4) is 11.5 Å². The smallest absolute Gasteiger partial charge is 0.255 e. The molecule has 0 aliphatic carbocycles. The van der Waals surface area contributed by atoms with Gasteiger partial charge >= 0.3 is 0 Å². The van der Waals surface area contributed by atoms with Crippen LogP contribution >= 0.6 is 0 Å². The molecule has 3 rings (SSSR count). The van der Waals surface area contributed by atoms with Gasteiger partial charge in [0.2, 0.25) is 0 Å². The number of benzene rings is 2. The van der Waals surface area contributed by atoms with E-state index >= 15 is 0 Å². The van der Waals surface area contributed by atoms with Crippen LogP contribution in [0.4, 0.5) is 0 Å². The number of nitrogens with one attached hydrogen (secondary N) is 1. The lowest BCUT2D eigenvalue weighted by Crippen LogP contribution is -2.38. The van der Waals surface area contributed by atoms with Crippen molar-refractivity contribution in [2.75, 3.05) is 39.5 Å². The summed E-state index contributed by atoms with van der Waals surface area (Å²) < 4.78 is 11.2. The van der Waals surface area contributed by atoms with Gasteiger partial charge in [0, 0.05) is 26.2 Å². The summed E-state index contributed by atoms with van der Waals surface area (Å²) in [6.45, 7) is 5.32. The maximum atomic E-state index is 12.2. The molecule has 1 aliphatic rings. The minimum atomic E-state index is -0.304. The summed E-state index contributed by atoms with van der Waals surface area (Å²) in [5, 5.41) is 12.5. The Labute approximate surface area is 153 Å². The van der Waals surface area contributed by atoms with E-state index in [-0.39, 0.29) is 17.2 Å².